The Morgan fingerprint density at radius 2 is 1.12 bits per heavy atom. The van der Waals surface area contributed by atoms with Crippen LogP contribution in [-0.4, -0.2) is 13.0 Å². The average molecular weight is 438 g/mol. The molecule has 166 valence electrons. The van der Waals surface area contributed by atoms with Gasteiger partial charge in [-0.3, -0.25) is 0 Å². The smallest absolute Gasteiger partial charge is 0.200 e. The number of rotatable bonds is 8. The maximum absolute atomic E-state index is 6.24. The maximum atomic E-state index is 6.24. The van der Waals surface area contributed by atoms with Crippen molar-refractivity contribution >= 4 is 17.3 Å². The molecular formula is C28H27N3O2. The van der Waals surface area contributed by atoms with E-state index in [1.807, 2.05) is 121 Å². The first-order chi connectivity index (χ1) is 16.2. The highest BCUT2D eigenvalue weighted by atomic mass is 16.5. The van der Waals surface area contributed by atoms with Crippen LogP contribution in [0.2, 0.25) is 0 Å². The van der Waals surface area contributed by atoms with Gasteiger partial charge >= 0.3 is 0 Å². The zero-order valence-electron chi connectivity index (χ0n) is 18.6. The van der Waals surface area contributed by atoms with Crippen LogP contribution in [0.1, 0.15) is 11.1 Å². The van der Waals surface area contributed by atoms with Gasteiger partial charge in [-0.05, 0) is 59.7 Å². The summed E-state index contributed by atoms with van der Waals surface area (Å²) in [4.78, 5) is 6.36. The van der Waals surface area contributed by atoms with Crippen molar-refractivity contribution < 1.29 is 9.47 Å². The van der Waals surface area contributed by atoms with E-state index in [9.17, 15) is 0 Å². The molecule has 0 heterocycles. The molecule has 0 amide bonds. The fraction of sp³-hybridized carbons (Fsp3) is 0.107. The predicted octanol–water partition coefficient (Wildman–Crippen LogP) is 5.93. The van der Waals surface area contributed by atoms with Crippen LogP contribution in [0.4, 0.5) is 11.4 Å². The van der Waals surface area contributed by atoms with Gasteiger partial charge in [0.25, 0.3) is 0 Å². The highest BCUT2D eigenvalue weighted by Gasteiger charge is 2.06. The monoisotopic (exact) mass is 437 g/mol. The molecule has 5 nitrogen and oxygen atoms in total. The molecule has 4 rings (SSSR count). The summed E-state index contributed by atoms with van der Waals surface area (Å²) < 4.78 is 11.7. The average Bonchev–Trinajstić information content (AvgIpc) is 2.88. The molecule has 0 spiro atoms. The lowest BCUT2D eigenvalue weighted by Crippen LogP contribution is -2.33. The Morgan fingerprint density at radius 3 is 1.61 bits per heavy atom. The van der Waals surface area contributed by atoms with Crippen LogP contribution in [0.5, 0.6) is 11.5 Å². The van der Waals surface area contributed by atoms with E-state index in [0.717, 1.165) is 34.0 Å². The van der Waals surface area contributed by atoms with E-state index in [1.165, 1.54) is 0 Å². The molecule has 4 aromatic rings. The van der Waals surface area contributed by atoms with Crippen molar-refractivity contribution in [3.63, 3.8) is 0 Å². The minimum atomic E-state index is 0.394. The van der Waals surface area contributed by atoms with E-state index in [-0.39, 0.29) is 0 Å². The van der Waals surface area contributed by atoms with Crippen molar-refractivity contribution in [3.05, 3.63) is 120 Å². The quantitative estimate of drug-likeness (QED) is 0.274. The topological polar surface area (TPSA) is 60.1 Å². The molecule has 0 aliphatic carbocycles. The molecule has 33 heavy (non-hydrogen) atoms. The number of aliphatic imine (C=N–C) groups is 1. The van der Waals surface area contributed by atoms with Gasteiger partial charge in [0.1, 0.15) is 24.7 Å². The second kappa shape index (κ2) is 10.9. The van der Waals surface area contributed by atoms with E-state index in [0.29, 0.717) is 19.2 Å². The summed E-state index contributed by atoms with van der Waals surface area (Å²) in [6, 6.07) is 35.5. The highest BCUT2D eigenvalue weighted by Crippen LogP contribution is 2.22. The molecule has 0 saturated heterocycles. The molecule has 5 heteroatoms. The molecule has 0 radical (unpaired) electrons. The fourth-order valence-electron chi connectivity index (χ4n) is 3.20. The minimum absolute atomic E-state index is 0.394. The SMILES string of the molecule is CN(C(N)=Nc1ccc(OCc2ccccc2)cc1)c1ccc(OCc2ccccc2)cc1. The Bertz CT molecular complexity index is 1160. The van der Waals surface area contributed by atoms with Crippen molar-refractivity contribution in [2.45, 2.75) is 13.2 Å². The molecule has 0 aliphatic heterocycles. The van der Waals surface area contributed by atoms with Crippen LogP contribution < -0.4 is 20.1 Å². The molecule has 0 unspecified atom stereocenters. The minimum Gasteiger partial charge on any atom is -0.489 e. The van der Waals surface area contributed by atoms with Gasteiger partial charge in [0.05, 0.1) is 5.69 Å². The van der Waals surface area contributed by atoms with Gasteiger partial charge in [0.15, 0.2) is 0 Å². The molecular weight excluding hydrogens is 410 g/mol. The number of anilines is 1. The van der Waals surface area contributed by atoms with Crippen molar-refractivity contribution in [2.24, 2.45) is 10.7 Å². The first-order valence-corrected chi connectivity index (χ1v) is 10.8. The largest absolute Gasteiger partial charge is 0.489 e. The molecule has 0 aliphatic rings. The molecule has 0 atom stereocenters. The number of hydrogen-bond donors (Lipinski definition) is 1. The lowest BCUT2D eigenvalue weighted by Gasteiger charge is -2.18. The van der Waals surface area contributed by atoms with Gasteiger partial charge in [0.2, 0.25) is 5.96 Å². The zero-order chi connectivity index (χ0) is 22.9. The molecule has 2 N–H and O–H groups in total. The van der Waals surface area contributed by atoms with Crippen LogP contribution in [0.15, 0.2) is 114 Å². The van der Waals surface area contributed by atoms with Crippen molar-refractivity contribution in [1.29, 1.82) is 0 Å². The van der Waals surface area contributed by atoms with Crippen LogP contribution in [0.25, 0.3) is 0 Å². The summed E-state index contributed by atoms with van der Waals surface area (Å²) in [6.07, 6.45) is 0. The van der Waals surface area contributed by atoms with Crippen molar-refractivity contribution in [2.75, 3.05) is 11.9 Å². The molecule has 4 aromatic carbocycles. The van der Waals surface area contributed by atoms with E-state index in [2.05, 4.69) is 4.99 Å². The van der Waals surface area contributed by atoms with E-state index in [1.54, 1.807) is 0 Å². The summed E-state index contributed by atoms with van der Waals surface area (Å²) in [7, 11) is 1.88. The highest BCUT2D eigenvalue weighted by molar-refractivity contribution is 5.95. The summed E-state index contributed by atoms with van der Waals surface area (Å²) >= 11 is 0. The Labute approximate surface area is 194 Å². The van der Waals surface area contributed by atoms with Gasteiger partial charge in [0, 0.05) is 12.7 Å². The Morgan fingerprint density at radius 1 is 0.667 bits per heavy atom. The van der Waals surface area contributed by atoms with Crippen LogP contribution in [-0.2, 0) is 13.2 Å². The number of benzene rings is 4. The predicted molar refractivity (Wildman–Crippen MR) is 134 cm³/mol. The first-order valence-electron chi connectivity index (χ1n) is 10.8. The summed E-state index contributed by atoms with van der Waals surface area (Å²) in [6.45, 7) is 1.06. The second-order valence-corrected chi connectivity index (χ2v) is 7.57. The number of nitrogens with zero attached hydrogens (tertiary/aromatic N) is 2. The van der Waals surface area contributed by atoms with Crippen molar-refractivity contribution in [1.82, 2.24) is 0 Å². The normalized spacial score (nSPS) is 11.1. The van der Waals surface area contributed by atoms with Crippen LogP contribution >= 0.6 is 0 Å². The van der Waals surface area contributed by atoms with Gasteiger partial charge in [-0.25, -0.2) is 4.99 Å². The fourth-order valence-corrected chi connectivity index (χ4v) is 3.20. The third kappa shape index (κ3) is 6.37. The maximum Gasteiger partial charge on any atom is 0.200 e. The van der Waals surface area contributed by atoms with E-state index < -0.39 is 0 Å². The van der Waals surface area contributed by atoms with E-state index >= 15 is 0 Å². The van der Waals surface area contributed by atoms with Gasteiger partial charge < -0.3 is 20.1 Å². The first kappa shape index (κ1) is 22.0. The zero-order valence-corrected chi connectivity index (χ0v) is 18.6. The Hall–Kier alpha value is -4.25. The number of ether oxygens (including phenoxy) is 2. The molecule has 0 fully saturated rings. The number of guanidine groups is 1. The summed E-state index contributed by atoms with van der Waals surface area (Å²) in [5, 5.41) is 0. The van der Waals surface area contributed by atoms with Crippen LogP contribution in [0.3, 0.4) is 0 Å². The van der Waals surface area contributed by atoms with E-state index in [4.69, 9.17) is 15.2 Å². The summed E-state index contributed by atoms with van der Waals surface area (Å²) in [5.74, 6) is 1.99. The Kier molecular flexibility index (Phi) is 7.23. The molecule has 0 bridgehead atoms. The number of hydrogen-bond acceptors (Lipinski definition) is 3. The third-order valence-corrected chi connectivity index (χ3v) is 5.14. The lowest BCUT2D eigenvalue weighted by molar-refractivity contribution is 0.306. The summed E-state index contributed by atoms with van der Waals surface area (Å²) in [5.41, 5.74) is 10.2. The van der Waals surface area contributed by atoms with Gasteiger partial charge in [-0.1, -0.05) is 60.7 Å². The van der Waals surface area contributed by atoms with Crippen LogP contribution in [0, 0.1) is 0 Å². The van der Waals surface area contributed by atoms with Gasteiger partial charge in [-0.15, -0.1) is 0 Å². The molecule has 0 aromatic heterocycles. The second-order valence-electron chi connectivity index (χ2n) is 7.57. The third-order valence-electron chi connectivity index (χ3n) is 5.14. The lowest BCUT2D eigenvalue weighted by atomic mass is 10.2. The van der Waals surface area contributed by atoms with Gasteiger partial charge in [-0.2, -0.15) is 0 Å². The number of nitrogens with two attached hydrogens (primary N) is 1. The molecule has 0 saturated carbocycles. The Balaban J connectivity index is 1.33. The standard InChI is InChI=1S/C28H27N3O2/c1-31(25-14-18-27(19-15-25)33-21-23-10-6-3-7-11-23)28(29)30-24-12-16-26(17-13-24)32-20-22-8-4-2-5-9-22/h2-19H,20-21H2,1H3,(H2,29,30). The van der Waals surface area contributed by atoms with Crippen molar-refractivity contribution in [3.8, 4) is 11.5 Å².